The van der Waals surface area contributed by atoms with Gasteiger partial charge >= 0.3 is 0 Å². The second-order valence-corrected chi connectivity index (χ2v) is 5.70. The first-order valence-corrected chi connectivity index (χ1v) is 7.02. The van der Waals surface area contributed by atoms with Crippen LogP contribution in [-0.2, 0) is 0 Å². The molecule has 0 aliphatic carbocycles. The minimum atomic E-state index is 0.182. The normalized spacial score (nSPS) is 11.0. The fourth-order valence-corrected chi connectivity index (χ4v) is 2.84. The van der Waals surface area contributed by atoms with Crippen molar-refractivity contribution in [1.29, 1.82) is 0 Å². The fourth-order valence-electron chi connectivity index (χ4n) is 1.31. The van der Waals surface area contributed by atoms with E-state index in [2.05, 4.69) is 15.2 Å². The minimum absolute atomic E-state index is 0.182. The Balaban J connectivity index is 2.10. The maximum Gasteiger partial charge on any atom is 0.276 e. The molecule has 1 N–H and O–H groups in total. The monoisotopic (exact) mass is 271 g/mol. The molecule has 0 aliphatic heterocycles. The van der Waals surface area contributed by atoms with Gasteiger partial charge in [0.2, 0.25) is 0 Å². The van der Waals surface area contributed by atoms with Crippen LogP contribution >= 0.6 is 23.1 Å². The summed E-state index contributed by atoms with van der Waals surface area (Å²) < 4.78 is 5.54. The number of thioether (sulfide) groups is 1. The van der Waals surface area contributed by atoms with E-state index in [1.54, 1.807) is 11.3 Å². The molecule has 0 bridgehead atoms. The van der Waals surface area contributed by atoms with E-state index in [-0.39, 0.29) is 6.61 Å². The molecular formula is C10H13N3O2S2. The zero-order valence-corrected chi connectivity index (χ0v) is 11.3. The van der Waals surface area contributed by atoms with E-state index in [0.717, 1.165) is 27.8 Å². The van der Waals surface area contributed by atoms with E-state index < -0.39 is 0 Å². The predicted octanol–water partition coefficient (Wildman–Crippen LogP) is 2.28. The Labute approximate surface area is 107 Å². The Morgan fingerprint density at radius 2 is 2.18 bits per heavy atom. The van der Waals surface area contributed by atoms with Crippen molar-refractivity contribution < 1.29 is 9.52 Å². The zero-order valence-electron chi connectivity index (χ0n) is 9.63. The third kappa shape index (κ3) is 3.05. The van der Waals surface area contributed by atoms with Crippen molar-refractivity contribution >= 4 is 23.1 Å². The van der Waals surface area contributed by atoms with E-state index >= 15 is 0 Å². The van der Waals surface area contributed by atoms with Crippen molar-refractivity contribution in [3.63, 3.8) is 0 Å². The predicted molar refractivity (Wildman–Crippen MR) is 67.3 cm³/mol. The number of thiazole rings is 1. The van der Waals surface area contributed by atoms with Crippen LogP contribution in [0.2, 0.25) is 0 Å². The van der Waals surface area contributed by atoms with Gasteiger partial charge in [0.05, 0.1) is 10.7 Å². The van der Waals surface area contributed by atoms with Gasteiger partial charge in [-0.15, -0.1) is 21.5 Å². The van der Waals surface area contributed by atoms with Crippen LogP contribution < -0.4 is 0 Å². The summed E-state index contributed by atoms with van der Waals surface area (Å²) in [6, 6.07) is 0. The highest BCUT2D eigenvalue weighted by molar-refractivity contribution is 7.99. The van der Waals surface area contributed by atoms with Crippen LogP contribution in [0.3, 0.4) is 0 Å². The molecule has 0 saturated heterocycles. The lowest BCUT2D eigenvalue weighted by Gasteiger charge is -1.92. The SMILES string of the molecule is Cc1nc(C)c(-c2nnc(SCCCO)o2)s1. The summed E-state index contributed by atoms with van der Waals surface area (Å²) in [6.45, 7) is 4.07. The average Bonchev–Trinajstić information content (AvgIpc) is 2.86. The van der Waals surface area contributed by atoms with E-state index in [0.29, 0.717) is 11.1 Å². The molecule has 0 radical (unpaired) electrons. The van der Waals surface area contributed by atoms with Gasteiger partial charge in [-0.05, 0) is 20.3 Å². The minimum Gasteiger partial charge on any atom is -0.410 e. The maximum atomic E-state index is 8.68. The lowest BCUT2D eigenvalue weighted by Crippen LogP contribution is -1.85. The van der Waals surface area contributed by atoms with Crippen LogP contribution in [0, 0.1) is 13.8 Å². The number of hydrogen-bond acceptors (Lipinski definition) is 7. The molecule has 0 aliphatic rings. The summed E-state index contributed by atoms with van der Waals surface area (Å²) in [4.78, 5) is 5.26. The third-order valence-electron chi connectivity index (χ3n) is 2.03. The van der Waals surface area contributed by atoms with Gasteiger partial charge in [-0.2, -0.15) is 0 Å². The Kier molecular flexibility index (Phi) is 4.14. The molecule has 7 heteroatoms. The first-order valence-electron chi connectivity index (χ1n) is 5.22. The topological polar surface area (TPSA) is 72.0 Å². The van der Waals surface area contributed by atoms with Gasteiger partial charge in [-0.3, -0.25) is 0 Å². The van der Waals surface area contributed by atoms with Gasteiger partial charge in [0.15, 0.2) is 0 Å². The molecule has 0 amide bonds. The smallest absolute Gasteiger partial charge is 0.276 e. The standard InChI is InChI=1S/C10H13N3O2S2/c1-6-8(17-7(2)11-6)9-12-13-10(15-9)16-5-3-4-14/h14H,3-5H2,1-2H3. The second-order valence-electron chi connectivity index (χ2n) is 3.45. The molecule has 2 heterocycles. The number of aliphatic hydroxyl groups excluding tert-OH is 1. The molecule has 0 aromatic carbocycles. The van der Waals surface area contributed by atoms with Crippen molar-refractivity contribution in [3.8, 4) is 10.8 Å². The second kappa shape index (κ2) is 5.61. The molecule has 0 saturated carbocycles. The molecule has 2 aromatic heterocycles. The van der Waals surface area contributed by atoms with Crippen molar-refractivity contribution in [2.45, 2.75) is 25.5 Å². The van der Waals surface area contributed by atoms with E-state index in [1.165, 1.54) is 11.8 Å². The van der Waals surface area contributed by atoms with Crippen molar-refractivity contribution in [2.24, 2.45) is 0 Å². The van der Waals surface area contributed by atoms with E-state index in [1.807, 2.05) is 13.8 Å². The fraction of sp³-hybridized carbons (Fsp3) is 0.500. The molecule has 0 fully saturated rings. The quantitative estimate of drug-likeness (QED) is 0.664. The Morgan fingerprint density at radius 3 is 2.82 bits per heavy atom. The highest BCUT2D eigenvalue weighted by Gasteiger charge is 2.14. The van der Waals surface area contributed by atoms with Gasteiger partial charge < -0.3 is 9.52 Å². The van der Waals surface area contributed by atoms with Crippen LogP contribution in [0.4, 0.5) is 0 Å². The zero-order chi connectivity index (χ0) is 12.3. The van der Waals surface area contributed by atoms with Crippen LogP contribution in [0.15, 0.2) is 9.64 Å². The highest BCUT2D eigenvalue weighted by Crippen LogP contribution is 2.30. The molecule has 92 valence electrons. The first-order chi connectivity index (χ1) is 8.20. The van der Waals surface area contributed by atoms with Gasteiger partial charge in [0.1, 0.15) is 4.88 Å². The van der Waals surface area contributed by atoms with Crippen LogP contribution in [-0.4, -0.2) is 32.6 Å². The van der Waals surface area contributed by atoms with E-state index in [9.17, 15) is 0 Å². The van der Waals surface area contributed by atoms with E-state index in [4.69, 9.17) is 9.52 Å². The first kappa shape index (κ1) is 12.5. The molecule has 17 heavy (non-hydrogen) atoms. The molecule has 2 rings (SSSR count). The summed E-state index contributed by atoms with van der Waals surface area (Å²) in [5.41, 5.74) is 0.919. The lowest BCUT2D eigenvalue weighted by molar-refractivity contribution is 0.296. The number of hydrogen-bond donors (Lipinski definition) is 1. The largest absolute Gasteiger partial charge is 0.410 e. The van der Waals surface area contributed by atoms with Crippen LogP contribution in [0.1, 0.15) is 17.1 Å². The molecule has 0 spiro atoms. The summed E-state index contributed by atoms with van der Waals surface area (Å²) in [7, 11) is 0. The lowest BCUT2D eigenvalue weighted by atomic mass is 10.4. The van der Waals surface area contributed by atoms with Gasteiger partial charge in [0.25, 0.3) is 11.1 Å². The third-order valence-corrected chi connectivity index (χ3v) is 4.00. The van der Waals surface area contributed by atoms with Crippen LogP contribution in [0.25, 0.3) is 10.8 Å². The number of aliphatic hydroxyl groups is 1. The van der Waals surface area contributed by atoms with Gasteiger partial charge in [0, 0.05) is 12.4 Å². The summed E-state index contributed by atoms with van der Waals surface area (Å²) in [6.07, 6.45) is 0.723. The Morgan fingerprint density at radius 1 is 1.35 bits per heavy atom. The summed E-state index contributed by atoms with van der Waals surface area (Å²) in [5.74, 6) is 1.30. The Hall–Kier alpha value is -0.920. The summed E-state index contributed by atoms with van der Waals surface area (Å²) in [5, 5.41) is 18.2. The van der Waals surface area contributed by atoms with Crippen molar-refractivity contribution in [2.75, 3.05) is 12.4 Å². The molecule has 2 aromatic rings. The number of aromatic nitrogens is 3. The average molecular weight is 271 g/mol. The number of aryl methyl sites for hydroxylation is 2. The summed E-state index contributed by atoms with van der Waals surface area (Å²) >= 11 is 3.01. The molecule has 0 unspecified atom stereocenters. The van der Waals surface area contributed by atoms with Gasteiger partial charge in [-0.25, -0.2) is 4.98 Å². The highest BCUT2D eigenvalue weighted by atomic mass is 32.2. The molecule has 5 nitrogen and oxygen atoms in total. The van der Waals surface area contributed by atoms with Gasteiger partial charge in [-0.1, -0.05) is 11.8 Å². The molecule has 0 atom stereocenters. The van der Waals surface area contributed by atoms with Crippen molar-refractivity contribution in [1.82, 2.24) is 15.2 Å². The Bertz CT molecular complexity index is 495. The van der Waals surface area contributed by atoms with Crippen molar-refractivity contribution in [3.05, 3.63) is 10.7 Å². The van der Waals surface area contributed by atoms with Crippen LogP contribution in [0.5, 0.6) is 0 Å². The molecular weight excluding hydrogens is 258 g/mol. The number of nitrogens with zero attached hydrogens (tertiary/aromatic N) is 3. The maximum absolute atomic E-state index is 8.68. The number of rotatable bonds is 5.